The molecule has 1 aromatic rings. The second-order valence-corrected chi connectivity index (χ2v) is 4.75. The first kappa shape index (κ1) is 14.0. The average Bonchev–Trinajstić information content (AvgIpc) is 2.14. The zero-order valence-corrected chi connectivity index (χ0v) is 11.1. The Morgan fingerprint density at radius 3 is 2.29 bits per heavy atom. The van der Waals surface area contributed by atoms with Crippen LogP contribution in [-0.2, 0) is 9.09 Å². The molecule has 1 aromatic carbocycles. The van der Waals surface area contributed by atoms with Crippen LogP contribution < -0.4 is 0 Å². The van der Waals surface area contributed by atoms with E-state index in [1.807, 2.05) is 32.9 Å². The summed E-state index contributed by atoms with van der Waals surface area (Å²) in [5.74, 6) is -0.0585. The molecule has 0 amide bonds. The average molecular weight is 255 g/mol. The number of carbonyl (C=O) groups is 1. The molecule has 1 atom stereocenters. The van der Waals surface area contributed by atoms with E-state index in [4.69, 9.17) is 4.89 Å². The number of carbonyl (C=O) groups excluding carboxylic acids is 1. The Kier molecular flexibility index (Phi) is 4.94. The number of rotatable bonds is 5. The van der Waals surface area contributed by atoms with E-state index in [1.165, 1.54) is 0 Å². The minimum Gasteiger partial charge on any atom is -0.294 e. The summed E-state index contributed by atoms with van der Waals surface area (Å²) in [6, 6.07) is 3.90. The monoisotopic (exact) mass is 255 g/mol. The summed E-state index contributed by atoms with van der Waals surface area (Å²) < 4.78 is 14.8. The first-order valence-corrected chi connectivity index (χ1v) is 6.45. The van der Waals surface area contributed by atoms with Crippen molar-refractivity contribution in [3.05, 3.63) is 34.4 Å². The fourth-order valence-corrected chi connectivity index (χ4v) is 2.21. The Hall–Kier alpha value is -1.09. The number of Topliss-reactive ketones (excluding diaryl/α,β-unsaturated/α-hetero) is 1. The van der Waals surface area contributed by atoms with Gasteiger partial charge in [0.2, 0.25) is 0 Å². The maximum atomic E-state index is 11.9. The molecule has 0 aliphatic rings. The molecule has 0 saturated carbocycles. The third kappa shape index (κ3) is 4.00. The Balaban J connectivity index is 2.79. The van der Waals surface area contributed by atoms with Crippen molar-refractivity contribution < 1.29 is 18.8 Å². The quantitative estimate of drug-likeness (QED) is 0.649. The zero-order valence-electron chi connectivity index (χ0n) is 10.2. The molecule has 1 N–H and O–H groups in total. The van der Waals surface area contributed by atoms with Gasteiger partial charge >= 0.3 is 8.25 Å². The van der Waals surface area contributed by atoms with E-state index in [2.05, 4.69) is 4.52 Å². The minimum atomic E-state index is -2.62. The SMILES string of the molecule is Cc1cc(C)c(C(=O)CCO[P+](=O)O)c(C)c1. The number of hydrogen-bond acceptors (Lipinski definition) is 3. The highest BCUT2D eigenvalue weighted by Gasteiger charge is 2.16. The van der Waals surface area contributed by atoms with Crippen molar-refractivity contribution >= 4 is 14.0 Å². The molecule has 0 spiro atoms. The van der Waals surface area contributed by atoms with Gasteiger partial charge in [-0.05, 0) is 31.9 Å². The molecule has 0 fully saturated rings. The van der Waals surface area contributed by atoms with Crippen molar-refractivity contribution in [2.75, 3.05) is 6.61 Å². The van der Waals surface area contributed by atoms with E-state index in [-0.39, 0.29) is 18.8 Å². The Morgan fingerprint density at radius 2 is 1.82 bits per heavy atom. The molecule has 1 unspecified atom stereocenters. The molecule has 0 saturated heterocycles. The van der Waals surface area contributed by atoms with Crippen molar-refractivity contribution in [1.82, 2.24) is 0 Å². The summed E-state index contributed by atoms with van der Waals surface area (Å²) in [5.41, 5.74) is 3.67. The van der Waals surface area contributed by atoms with E-state index in [0.717, 1.165) is 16.7 Å². The predicted octanol–water partition coefficient (Wildman–Crippen LogP) is 2.85. The van der Waals surface area contributed by atoms with Gasteiger partial charge in [0.05, 0.1) is 0 Å². The first-order chi connectivity index (χ1) is 7.91. The standard InChI is InChI=1S/C12H15O4P/c1-8-6-9(2)12(10(3)7-8)11(13)4-5-16-17(14)15/h6-7H,4-5H2,1-3H3/p+1. The van der Waals surface area contributed by atoms with E-state index >= 15 is 0 Å². The number of ketones is 1. The fraction of sp³-hybridized carbons (Fsp3) is 0.417. The molecular formula is C12H16O4P+. The highest BCUT2D eigenvalue weighted by atomic mass is 31.1. The van der Waals surface area contributed by atoms with Gasteiger partial charge in [0.1, 0.15) is 6.61 Å². The summed E-state index contributed by atoms with van der Waals surface area (Å²) >= 11 is 0. The second-order valence-electron chi connectivity index (χ2n) is 4.02. The molecule has 17 heavy (non-hydrogen) atoms. The molecule has 0 bridgehead atoms. The van der Waals surface area contributed by atoms with Gasteiger partial charge in [-0.15, -0.1) is 9.42 Å². The van der Waals surface area contributed by atoms with Crippen LogP contribution >= 0.6 is 8.25 Å². The van der Waals surface area contributed by atoms with Gasteiger partial charge in [0, 0.05) is 16.5 Å². The van der Waals surface area contributed by atoms with Crippen LogP contribution in [0.5, 0.6) is 0 Å². The normalized spacial score (nSPS) is 11.4. The minimum absolute atomic E-state index is 0.0305. The Morgan fingerprint density at radius 1 is 1.29 bits per heavy atom. The van der Waals surface area contributed by atoms with E-state index in [0.29, 0.717) is 5.56 Å². The highest BCUT2D eigenvalue weighted by Crippen LogP contribution is 2.20. The summed E-state index contributed by atoms with van der Waals surface area (Å²) in [7, 11) is -2.62. The smallest absolute Gasteiger partial charge is 0.294 e. The third-order valence-electron chi connectivity index (χ3n) is 2.49. The first-order valence-electron chi connectivity index (χ1n) is 5.32. The lowest BCUT2D eigenvalue weighted by Gasteiger charge is -2.09. The van der Waals surface area contributed by atoms with Gasteiger partial charge in [0.15, 0.2) is 5.78 Å². The molecule has 0 heterocycles. The molecule has 5 heteroatoms. The molecule has 4 nitrogen and oxygen atoms in total. The number of benzene rings is 1. The van der Waals surface area contributed by atoms with Gasteiger partial charge in [-0.2, -0.15) is 0 Å². The predicted molar refractivity (Wildman–Crippen MR) is 65.4 cm³/mol. The molecule has 92 valence electrons. The van der Waals surface area contributed by atoms with Crippen LogP contribution in [0.3, 0.4) is 0 Å². The van der Waals surface area contributed by atoms with Crippen molar-refractivity contribution in [3.63, 3.8) is 0 Å². The van der Waals surface area contributed by atoms with Gasteiger partial charge in [-0.25, -0.2) is 0 Å². The molecule has 0 aliphatic carbocycles. The van der Waals surface area contributed by atoms with Gasteiger partial charge in [0.25, 0.3) is 0 Å². The lowest BCUT2D eigenvalue weighted by Crippen LogP contribution is -2.07. The summed E-state index contributed by atoms with van der Waals surface area (Å²) in [4.78, 5) is 20.4. The number of aryl methyl sites for hydroxylation is 3. The van der Waals surface area contributed by atoms with E-state index < -0.39 is 8.25 Å². The van der Waals surface area contributed by atoms with E-state index in [1.54, 1.807) is 0 Å². The Labute approximate surface area is 102 Å². The van der Waals surface area contributed by atoms with Crippen LogP contribution in [0.15, 0.2) is 12.1 Å². The van der Waals surface area contributed by atoms with E-state index in [9.17, 15) is 9.36 Å². The van der Waals surface area contributed by atoms with Crippen molar-refractivity contribution in [3.8, 4) is 0 Å². The summed E-state index contributed by atoms with van der Waals surface area (Å²) in [6.07, 6.45) is 0.117. The van der Waals surface area contributed by atoms with Crippen LogP contribution in [-0.4, -0.2) is 17.3 Å². The summed E-state index contributed by atoms with van der Waals surface area (Å²) in [5, 5.41) is 0. The molecule has 0 radical (unpaired) electrons. The van der Waals surface area contributed by atoms with Crippen LogP contribution in [0, 0.1) is 20.8 Å². The molecule has 0 aromatic heterocycles. The maximum Gasteiger partial charge on any atom is 0.694 e. The van der Waals surface area contributed by atoms with Gasteiger partial charge in [-0.3, -0.25) is 4.79 Å². The lowest BCUT2D eigenvalue weighted by atomic mass is 9.95. The van der Waals surface area contributed by atoms with Crippen molar-refractivity contribution in [2.24, 2.45) is 0 Å². The molecule has 1 rings (SSSR count). The van der Waals surface area contributed by atoms with Crippen LogP contribution in [0.4, 0.5) is 0 Å². The second kappa shape index (κ2) is 6.01. The van der Waals surface area contributed by atoms with Crippen LogP contribution in [0.25, 0.3) is 0 Å². The summed E-state index contributed by atoms with van der Waals surface area (Å²) in [6.45, 7) is 5.73. The van der Waals surface area contributed by atoms with Crippen molar-refractivity contribution in [1.29, 1.82) is 0 Å². The van der Waals surface area contributed by atoms with Crippen LogP contribution in [0.1, 0.15) is 33.5 Å². The van der Waals surface area contributed by atoms with Crippen LogP contribution in [0.2, 0.25) is 0 Å². The molecular weight excluding hydrogens is 239 g/mol. The Bertz CT molecular complexity index is 431. The van der Waals surface area contributed by atoms with Crippen molar-refractivity contribution in [2.45, 2.75) is 27.2 Å². The zero-order chi connectivity index (χ0) is 13.0. The molecule has 0 aliphatic heterocycles. The van der Waals surface area contributed by atoms with Gasteiger partial charge in [-0.1, -0.05) is 17.7 Å². The number of hydrogen-bond donors (Lipinski definition) is 1. The topological polar surface area (TPSA) is 63.6 Å². The van der Waals surface area contributed by atoms with Gasteiger partial charge < -0.3 is 0 Å². The lowest BCUT2D eigenvalue weighted by molar-refractivity contribution is 0.0961. The maximum absolute atomic E-state index is 11.9. The highest BCUT2D eigenvalue weighted by molar-refractivity contribution is 7.32. The fourth-order valence-electron chi connectivity index (χ4n) is 1.96. The third-order valence-corrected chi connectivity index (χ3v) is 2.89. The largest absolute Gasteiger partial charge is 0.694 e.